The molecule has 1 amide bonds. The molecule has 2 aromatic heterocycles. The Balaban J connectivity index is 1.30. The first-order valence-corrected chi connectivity index (χ1v) is 11.5. The molecule has 1 fully saturated rings. The lowest BCUT2D eigenvalue weighted by atomic mass is 10.1. The zero-order valence-corrected chi connectivity index (χ0v) is 18.8. The topological polar surface area (TPSA) is 76.6 Å². The van der Waals surface area contributed by atoms with Crippen LogP contribution in [0.25, 0.3) is 0 Å². The van der Waals surface area contributed by atoms with Gasteiger partial charge >= 0.3 is 0 Å². The lowest BCUT2D eigenvalue weighted by Crippen LogP contribution is -2.32. The van der Waals surface area contributed by atoms with Crippen LogP contribution < -0.4 is 14.8 Å². The monoisotopic (exact) mass is 444 g/mol. The number of carbonyl (C=O) groups excluding carboxylic acids is 1. The molecule has 0 radical (unpaired) electrons. The summed E-state index contributed by atoms with van der Waals surface area (Å²) in [6, 6.07) is 17.5. The van der Waals surface area contributed by atoms with Gasteiger partial charge in [0.1, 0.15) is 11.6 Å². The van der Waals surface area contributed by atoms with Crippen molar-refractivity contribution in [2.45, 2.75) is 38.6 Å². The van der Waals surface area contributed by atoms with E-state index in [-0.39, 0.29) is 11.9 Å². The lowest BCUT2D eigenvalue weighted by molar-refractivity contribution is -0.131. The summed E-state index contributed by atoms with van der Waals surface area (Å²) >= 11 is 0. The number of nitrogens with one attached hydrogen (secondary N) is 1. The average molecular weight is 445 g/mol. The number of aryl methyl sites for hydroxylation is 1. The number of aromatic nitrogens is 2. The predicted octanol–water partition coefficient (Wildman–Crippen LogP) is 4.60. The van der Waals surface area contributed by atoms with Crippen LogP contribution in [0.3, 0.4) is 0 Å². The quantitative estimate of drug-likeness (QED) is 0.620. The predicted molar refractivity (Wildman–Crippen MR) is 126 cm³/mol. The number of pyridine rings is 2. The van der Waals surface area contributed by atoms with Gasteiger partial charge in [0.05, 0.1) is 31.4 Å². The SMILES string of the molecule is Cc1cccc(Nc2cccc(C3CCCN3C(=O)Cc3ccc4c(c3)OCCCO4)n2)n1. The summed E-state index contributed by atoms with van der Waals surface area (Å²) in [7, 11) is 0. The molecule has 1 unspecified atom stereocenters. The number of anilines is 2. The Labute approximate surface area is 193 Å². The lowest BCUT2D eigenvalue weighted by Gasteiger charge is -2.25. The van der Waals surface area contributed by atoms with Gasteiger partial charge in [-0.05, 0) is 61.7 Å². The molecule has 7 heteroatoms. The number of benzene rings is 1. The molecule has 0 spiro atoms. The van der Waals surface area contributed by atoms with Crippen molar-refractivity contribution in [3.8, 4) is 11.5 Å². The number of ether oxygens (including phenoxy) is 2. The van der Waals surface area contributed by atoms with Crippen LogP contribution in [0.1, 0.15) is 42.3 Å². The van der Waals surface area contributed by atoms with Gasteiger partial charge in [-0.15, -0.1) is 0 Å². The molecule has 1 aromatic carbocycles. The molecule has 2 aliphatic rings. The summed E-state index contributed by atoms with van der Waals surface area (Å²) in [5, 5.41) is 3.28. The Bertz CT molecular complexity index is 1150. The number of hydrogen-bond acceptors (Lipinski definition) is 6. The van der Waals surface area contributed by atoms with Crippen LogP contribution in [-0.4, -0.2) is 40.5 Å². The van der Waals surface area contributed by atoms with Crippen molar-refractivity contribution in [1.29, 1.82) is 0 Å². The number of carbonyl (C=O) groups is 1. The molecule has 0 aliphatic carbocycles. The van der Waals surface area contributed by atoms with E-state index in [4.69, 9.17) is 14.5 Å². The maximum atomic E-state index is 13.2. The van der Waals surface area contributed by atoms with E-state index in [1.807, 2.05) is 66.4 Å². The Morgan fingerprint density at radius 2 is 1.79 bits per heavy atom. The summed E-state index contributed by atoms with van der Waals surface area (Å²) < 4.78 is 11.5. The summed E-state index contributed by atoms with van der Waals surface area (Å²) in [4.78, 5) is 24.5. The minimum absolute atomic E-state index is 0.0230. The highest BCUT2D eigenvalue weighted by Crippen LogP contribution is 2.34. The van der Waals surface area contributed by atoms with Crippen molar-refractivity contribution in [2.24, 2.45) is 0 Å². The van der Waals surface area contributed by atoms with Crippen LogP contribution in [0.4, 0.5) is 11.6 Å². The number of hydrogen-bond donors (Lipinski definition) is 1. The molecule has 5 rings (SSSR count). The van der Waals surface area contributed by atoms with Crippen molar-refractivity contribution < 1.29 is 14.3 Å². The normalized spacial score (nSPS) is 17.5. The largest absolute Gasteiger partial charge is 0.490 e. The van der Waals surface area contributed by atoms with Crippen LogP contribution >= 0.6 is 0 Å². The van der Waals surface area contributed by atoms with E-state index in [1.165, 1.54) is 0 Å². The van der Waals surface area contributed by atoms with E-state index >= 15 is 0 Å². The van der Waals surface area contributed by atoms with Crippen molar-refractivity contribution in [2.75, 3.05) is 25.1 Å². The van der Waals surface area contributed by atoms with Gasteiger partial charge in [-0.25, -0.2) is 9.97 Å². The third-order valence-electron chi connectivity index (χ3n) is 6.00. The van der Waals surface area contributed by atoms with E-state index < -0.39 is 0 Å². The third-order valence-corrected chi connectivity index (χ3v) is 6.00. The molecule has 7 nitrogen and oxygen atoms in total. The minimum atomic E-state index is -0.0230. The smallest absolute Gasteiger partial charge is 0.227 e. The van der Waals surface area contributed by atoms with Gasteiger partial charge in [0, 0.05) is 18.7 Å². The number of likely N-dealkylation sites (tertiary alicyclic amines) is 1. The van der Waals surface area contributed by atoms with E-state index in [0.717, 1.165) is 65.9 Å². The third kappa shape index (κ3) is 4.92. The number of fused-ring (bicyclic) bond motifs is 1. The van der Waals surface area contributed by atoms with Crippen molar-refractivity contribution >= 4 is 17.5 Å². The fourth-order valence-corrected chi connectivity index (χ4v) is 4.42. The maximum absolute atomic E-state index is 13.2. The maximum Gasteiger partial charge on any atom is 0.227 e. The van der Waals surface area contributed by atoms with Gasteiger partial charge < -0.3 is 19.7 Å². The standard InChI is InChI=1S/C26H28N4O3/c1-18-6-2-9-24(27-18)29-25-10-3-7-20(28-25)21-8-4-13-30(21)26(31)17-19-11-12-22-23(16-19)33-15-5-14-32-22/h2-3,6-7,9-12,16,21H,4-5,8,13-15,17H2,1H3,(H,27,28,29). The first kappa shape index (κ1) is 21.2. The molecule has 33 heavy (non-hydrogen) atoms. The molecule has 2 aliphatic heterocycles. The fraction of sp³-hybridized carbons (Fsp3) is 0.346. The number of amides is 1. The van der Waals surface area contributed by atoms with Crippen LogP contribution in [0, 0.1) is 6.92 Å². The average Bonchev–Trinajstić information content (AvgIpc) is 3.19. The van der Waals surface area contributed by atoms with Crippen LogP contribution in [0.2, 0.25) is 0 Å². The van der Waals surface area contributed by atoms with Crippen molar-refractivity contribution in [3.63, 3.8) is 0 Å². The van der Waals surface area contributed by atoms with Gasteiger partial charge in [-0.3, -0.25) is 4.79 Å². The first-order valence-electron chi connectivity index (χ1n) is 11.5. The zero-order valence-electron chi connectivity index (χ0n) is 18.8. The van der Waals surface area contributed by atoms with Crippen LogP contribution in [0.5, 0.6) is 11.5 Å². The molecular weight excluding hydrogens is 416 g/mol. The molecule has 1 atom stereocenters. The van der Waals surface area contributed by atoms with Crippen molar-refractivity contribution in [1.82, 2.24) is 14.9 Å². The molecule has 4 heterocycles. The summed E-state index contributed by atoms with van der Waals surface area (Å²) in [5.74, 6) is 3.06. The first-order chi connectivity index (χ1) is 16.2. The molecular formula is C26H28N4O3. The second kappa shape index (κ2) is 9.48. The molecule has 3 aromatic rings. The Hall–Kier alpha value is -3.61. The van der Waals surface area contributed by atoms with Gasteiger partial charge in [-0.2, -0.15) is 0 Å². The van der Waals surface area contributed by atoms with E-state index in [2.05, 4.69) is 10.3 Å². The second-order valence-electron chi connectivity index (χ2n) is 8.49. The van der Waals surface area contributed by atoms with Crippen LogP contribution in [-0.2, 0) is 11.2 Å². The summed E-state index contributed by atoms with van der Waals surface area (Å²) in [6.07, 6.45) is 3.07. The Morgan fingerprint density at radius 1 is 1.00 bits per heavy atom. The van der Waals surface area contributed by atoms with Gasteiger partial charge in [0.2, 0.25) is 5.91 Å². The zero-order chi connectivity index (χ0) is 22.6. The van der Waals surface area contributed by atoms with Crippen molar-refractivity contribution in [3.05, 3.63) is 71.5 Å². The van der Waals surface area contributed by atoms with Gasteiger partial charge in [0.25, 0.3) is 0 Å². The molecule has 1 saturated heterocycles. The number of rotatable bonds is 5. The van der Waals surface area contributed by atoms with E-state index in [1.54, 1.807) is 0 Å². The fourth-order valence-electron chi connectivity index (χ4n) is 4.42. The Kier molecular flexibility index (Phi) is 6.11. The highest BCUT2D eigenvalue weighted by Gasteiger charge is 2.31. The molecule has 0 bridgehead atoms. The minimum Gasteiger partial charge on any atom is -0.490 e. The highest BCUT2D eigenvalue weighted by molar-refractivity contribution is 5.79. The highest BCUT2D eigenvalue weighted by atomic mass is 16.5. The van der Waals surface area contributed by atoms with Crippen LogP contribution in [0.15, 0.2) is 54.6 Å². The molecule has 1 N–H and O–H groups in total. The van der Waals surface area contributed by atoms with Gasteiger partial charge in [0.15, 0.2) is 11.5 Å². The van der Waals surface area contributed by atoms with E-state index in [0.29, 0.717) is 19.6 Å². The number of nitrogens with zero attached hydrogens (tertiary/aromatic N) is 3. The summed E-state index contributed by atoms with van der Waals surface area (Å²) in [6.45, 7) is 3.99. The van der Waals surface area contributed by atoms with E-state index in [9.17, 15) is 4.79 Å². The van der Waals surface area contributed by atoms with Gasteiger partial charge in [-0.1, -0.05) is 18.2 Å². The Morgan fingerprint density at radius 3 is 2.64 bits per heavy atom. The molecule has 0 saturated carbocycles. The second-order valence-corrected chi connectivity index (χ2v) is 8.49. The molecule has 170 valence electrons. The summed E-state index contributed by atoms with van der Waals surface area (Å²) in [5.41, 5.74) is 2.78.